The fourth-order valence-electron chi connectivity index (χ4n) is 1.93. The van der Waals surface area contributed by atoms with Gasteiger partial charge in [0.1, 0.15) is 5.75 Å². The summed E-state index contributed by atoms with van der Waals surface area (Å²) in [5.41, 5.74) is 1.68. The summed E-state index contributed by atoms with van der Waals surface area (Å²) in [7, 11) is 1.66. The molecule has 0 atom stereocenters. The van der Waals surface area contributed by atoms with Gasteiger partial charge in [0.2, 0.25) is 0 Å². The van der Waals surface area contributed by atoms with Crippen LogP contribution in [0.2, 0.25) is 0 Å². The van der Waals surface area contributed by atoms with E-state index in [-0.39, 0.29) is 11.3 Å². The molecule has 1 amide bonds. The molecule has 0 heterocycles. The maximum Gasteiger partial charge on any atom is 0.251 e. The number of hydrogen-bond acceptors (Lipinski definition) is 2. The summed E-state index contributed by atoms with van der Waals surface area (Å²) in [4.78, 5) is 11.9. The largest absolute Gasteiger partial charge is 0.490 e. The molecule has 1 fully saturated rings. The van der Waals surface area contributed by atoms with Crippen LogP contribution in [0.3, 0.4) is 0 Å². The molecule has 1 aromatic rings. The van der Waals surface area contributed by atoms with E-state index < -0.39 is 0 Å². The zero-order chi connectivity index (χ0) is 13.3. The smallest absolute Gasteiger partial charge is 0.251 e. The van der Waals surface area contributed by atoms with Crippen LogP contribution in [0.5, 0.6) is 5.75 Å². The molecule has 0 saturated heterocycles. The van der Waals surface area contributed by atoms with E-state index in [9.17, 15) is 4.79 Å². The van der Waals surface area contributed by atoms with Crippen LogP contribution in [-0.4, -0.2) is 19.1 Å². The zero-order valence-electron chi connectivity index (χ0n) is 11.5. The van der Waals surface area contributed by atoms with Gasteiger partial charge in [-0.1, -0.05) is 20.8 Å². The fraction of sp³-hybridized carbons (Fsp3) is 0.533. The number of ether oxygens (including phenoxy) is 1. The molecular formula is C15H21NO2. The van der Waals surface area contributed by atoms with E-state index in [0.717, 1.165) is 29.7 Å². The lowest BCUT2D eigenvalue weighted by Gasteiger charge is -2.23. The summed E-state index contributed by atoms with van der Waals surface area (Å²) in [6.45, 7) is 6.32. The first-order valence-corrected chi connectivity index (χ1v) is 6.45. The van der Waals surface area contributed by atoms with Crippen molar-refractivity contribution in [2.45, 2.75) is 45.1 Å². The fourth-order valence-corrected chi connectivity index (χ4v) is 1.93. The molecule has 18 heavy (non-hydrogen) atoms. The number of carbonyl (C=O) groups excluding carboxylic acids is 1. The highest BCUT2D eigenvalue weighted by Crippen LogP contribution is 2.32. The molecule has 3 nitrogen and oxygen atoms in total. The van der Waals surface area contributed by atoms with Gasteiger partial charge < -0.3 is 10.1 Å². The van der Waals surface area contributed by atoms with Crippen molar-refractivity contribution in [1.82, 2.24) is 5.32 Å². The summed E-state index contributed by atoms with van der Waals surface area (Å²) in [5, 5.41) is 2.69. The Morgan fingerprint density at radius 1 is 1.33 bits per heavy atom. The van der Waals surface area contributed by atoms with Crippen LogP contribution in [0.15, 0.2) is 18.2 Å². The van der Waals surface area contributed by atoms with Crippen LogP contribution in [0.25, 0.3) is 0 Å². The SMILES string of the molecule is CNC(=O)c1ccc(OC2CC2)cc1C(C)(C)C. The van der Waals surface area contributed by atoms with Crippen molar-refractivity contribution in [3.63, 3.8) is 0 Å². The van der Waals surface area contributed by atoms with E-state index in [0.29, 0.717) is 6.10 Å². The molecule has 0 radical (unpaired) electrons. The molecule has 1 aromatic carbocycles. The van der Waals surface area contributed by atoms with Gasteiger partial charge in [0.15, 0.2) is 0 Å². The molecular weight excluding hydrogens is 226 g/mol. The highest BCUT2D eigenvalue weighted by molar-refractivity contribution is 5.96. The van der Waals surface area contributed by atoms with Crippen LogP contribution in [0.4, 0.5) is 0 Å². The van der Waals surface area contributed by atoms with Crippen LogP contribution >= 0.6 is 0 Å². The Balaban J connectivity index is 2.37. The Kier molecular flexibility index (Phi) is 3.33. The molecule has 1 aliphatic rings. The summed E-state index contributed by atoms with van der Waals surface area (Å²) in [5.74, 6) is 0.827. The molecule has 3 heteroatoms. The van der Waals surface area contributed by atoms with Gasteiger partial charge in [-0.15, -0.1) is 0 Å². The average molecular weight is 247 g/mol. The minimum absolute atomic E-state index is 0.0436. The topological polar surface area (TPSA) is 38.3 Å². The molecule has 1 aliphatic carbocycles. The first-order valence-electron chi connectivity index (χ1n) is 6.45. The average Bonchev–Trinajstić information content (AvgIpc) is 3.11. The van der Waals surface area contributed by atoms with Crippen LogP contribution < -0.4 is 10.1 Å². The molecule has 0 bridgehead atoms. The predicted molar refractivity (Wildman–Crippen MR) is 72.2 cm³/mol. The molecule has 1 saturated carbocycles. The van der Waals surface area contributed by atoms with Gasteiger partial charge in [-0.3, -0.25) is 4.79 Å². The second-order valence-electron chi connectivity index (χ2n) is 5.85. The van der Waals surface area contributed by atoms with E-state index in [1.54, 1.807) is 7.05 Å². The normalized spacial score (nSPS) is 15.3. The Bertz CT molecular complexity index is 456. The number of rotatable bonds is 3. The number of hydrogen-bond donors (Lipinski definition) is 1. The lowest BCUT2D eigenvalue weighted by Crippen LogP contribution is -2.24. The van der Waals surface area contributed by atoms with E-state index in [1.807, 2.05) is 18.2 Å². The second-order valence-corrected chi connectivity index (χ2v) is 5.85. The Morgan fingerprint density at radius 2 is 2.00 bits per heavy atom. The number of nitrogens with one attached hydrogen (secondary N) is 1. The van der Waals surface area contributed by atoms with Crippen molar-refractivity contribution in [3.8, 4) is 5.75 Å². The molecule has 2 rings (SSSR count). The van der Waals surface area contributed by atoms with Crippen LogP contribution in [0, 0.1) is 0 Å². The summed E-state index contributed by atoms with van der Waals surface area (Å²) in [6, 6.07) is 5.75. The third-order valence-corrected chi connectivity index (χ3v) is 3.10. The Morgan fingerprint density at radius 3 is 2.50 bits per heavy atom. The number of carbonyl (C=O) groups is 1. The standard InChI is InChI=1S/C15H21NO2/c1-15(2,3)13-9-11(18-10-5-6-10)7-8-12(13)14(17)16-4/h7-10H,5-6H2,1-4H3,(H,16,17). The quantitative estimate of drug-likeness (QED) is 0.892. The maximum absolute atomic E-state index is 11.9. The van der Waals surface area contributed by atoms with Gasteiger partial charge in [0.25, 0.3) is 5.91 Å². The van der Waals surface area contributed by atoms with Gasteiger partial charge in [0.05, 0.1) is 6.10 Å². The second kappa shape index (κ2) is 4.63. The van der Waals surface area contributed by atoms with Crippen molar-refractivity contribution in [1.29, 1.82) is 0 Å². The monoisotopic (exact) mass is 247 g/mol. The Hall–Kier alpha value is -1.51. The third-order valence-electron chi connectivity index (χ3n) is 3.10. The maximum atomic E-state index is 11.9. The van der Waals surface area contributed by atoms with E-state index in [1.165, 1.54) is 0 Å². The highest BCUT2D eigenvalue weighted by Gasteiger charge is 2.26. The molecule has 0 aliphatic heterocycles. The van der Waals surface area contributed by atoms with Crippen molar-refractivity contribution in [2.75, 3.05) is 7.05 Å². The first-order chi connectivity index (χ1) is 8.41. The van der Waals surface area contributed by atoms with E-state index in [4.69, 9.17) is 4.74 Å². The zero-order valence-corrected chi connectivity index (χ0v) is 11.5. The number of amides is 1. The third kappa shape index (κ3) is 2.84. The van der Waals surface area contributed by atoms with Gasteiger partial charge in [-0.05, 0) is 42.0 Å². The molecule has 0 spiro atoms. The van der Waals surface area contributed by atoms with Gasteiger partial charge in [-0.25, -0.2) is 0 Å². The van der Waals surface area contributed by atoms with Crippen molar-refractivity contribution < 1.29 is 9.53 Å². The highest BCUT2D eigenvalue weighted by atomic mass is 16.5. The molecule has 98 valence electrons. The predicted octanol–water partition coefficient (Wildman–Crippen LogP) is 2.88. The lowest BCUT2D eigenvalue weighted by atomic mass is 9.83. The molecule has 1 N–H and O–H groups in total. The lowest BCUT2D eigenvalue weighted by molar-refractivity contribution is 0.0961. The van der Waals surface area contributed by atoms with Crippen molar-refractivity contribution in [2.24, 2.45) is 0 Å². The van der Waals surface area contributed by atoms with Gasteiger partial charge in [-0.2, -0.15) is 0 Å². The van der Waals surface area contributed by atoms with Crippen LogP contribution in [-0.2, 0) is 5.41 Å². The van der Waals surface area contributed by atoms with Gasteiger partial charge >= 0.3 is 0 Å². The van der Waals surface area contributed by atoms with Crippen molar-refractivity contribution >= 4 is 5.91 Å². The van der Waals surface area contributed by atoms with Crippen molar-refractivity contribution in [3.05, 3.63) is 29.3 Å². The summed E-state index contributed by atoms with van der Waals surface area (Å²) >= 11 is 0. The molecule has 0 unspecified atom stereocenters. The van der Waals surface area contributed by atoms with E-state index in [2.05, 4.69) is 26.1 Å². The van der Waals surface area contributed by atoms with E-state index >= 15 is 0 Å². The van der Waals surface area contributed by atoms with Gasteiger partial charge in [0, 0.05) is 12.6 Å². The minimum atomic E-state index is -0.0786. The number of benzene rings is 1. The summed E-state index contributed by atoms with van der Waals surface area (Å²) < 4.78 is 5.80. The first kappa shape index (κ1) is 12.9. The van der Waals surface area contributed by atoms with Crippen LogP contribution in [0.1, 0.15) is 49.5 Å². The molecule has 0 aromatic heterocycles. The minimum Gasteiger partial charge on any atom is -0.490 e. The Labute approximate surface area is 109 Å². The summed E-state index contributed by atoms with van der Waals surface area (Å²) in [6.07, 6.45) is 2.66.